The quantitative estimate of drug-likeness (QED) is 0.445. The molecular formula is C19H27NO7S. The van der Waals surface area contributed by atoms with Gasteiger partial charge in [0.05, 0.1) is 6.42 Å². The van der Waals surface area contributed by atoms with Crippen molar-refractivity contribution in [2.75, 3.05) is 12.0 Å². The highest BCUT2D eigenvalue weighted by Crippen LogP contribution is 2.10. The second-order valence-corrected chi connectivity index (χ2v) is 8.02. The largest absolute Gasteiger partial charge is 0.481 e. The molecule has 28 heavy (non-hydrogen) atoms. The second-order valence-electron chi connectivity index (χ2n) is 7.03. The van der Waals surface area contributed by atoms with Gasteiger partial charge >= 0.3 is 18.0 Å². The fourth-order valence-corrected chi connectivity index (χ4v) is 2.55. The molecule has 1 aromatic carbocycles. The van der Waals surface area contributed by atoms with Gasteiger partial charge in [-0.1, -0.05) is 24.3 Å². The van der Waals surface area contributed by atoms with Crippen LogP contribution in [0.15, 0.2) is 24.3 Å². The summed E-state index contributed by atoms with van der Waals surface area (Å²) in [6.07, 6.45) is 1.49. The van der Waals surface area contributed by atoms with E-state index in [4.69, 9.17) is 19.6 Å². The number of carboxylic acid groups (broad SMARTS) is 1. The van der Waals surface area contributed by atoms with E-state index in [0.29, 0.717) is 23.3 Å². The van der Waals surface area contributed by atoms with E-state index in [1.807, 2.05) is 6.26 Å². The predicted octanol–water partition coefficient (Wildman–Crippen LogP) is 2.93. The lowest BCUT2D eigenvalue weighted by molar-refractivity contribution is -0.281. The molecule has 0 aliphatic rings. The Morgan fingerprint density at radius 2 is 1.75 bits per heavy atom. The van der Waals surface area contributed by atoms with Crippen LogP contribution in [0, 0.1) is 0 Å². The van der Waals surface area contributed by atoms with Gasteiger partial charge < -0.3 is 15.2 Å². The van der Waals surface area contributed by atoms with Crippen LogP contribution in [-0.2, 0) is 37.1 Å². The van der Waals surface area contributed by atoms with Crippen LogP contribution < -0.4 is 5.32 Å². The molecule has 156 valence electrons. The van der Waals surface area contributed by atoms with Crippen LogP contribution in [0.2, 0.25) is 0 Å². The van der Waals surface area contributed by atoms with E-state index in [9.17, 15) is 14.4 Å². The van der Waals surface area contributed by atoms with Gasteiger partial charge in [-0.3, -0.25) is 9.68 Å². The number of thioether (sulfide) groups is 1. The minimum atomic E-state index is -0.910. The standard InChI is InChI=1S/C19H27NO7S/c1-19(2,3)26-18(24)20-15(9-10-28-4)17(23)27-25-12-14-7-5-13(6-8-14)11-16(21)22/h5-8,15H,9-12H2,1-4H3,(H,20,24)(H,21,22)/t15-/m0/s1. The maximum atomic E-state index is 12.2. The van der Waals surface area contributed by atoms with Crippen LogP contribution in [0.4, 0.5) is 4.79 Å². The van der Waals surface area contributed by atoms with E-state index in [2.05, 4.69) is 5.32 Å². The molecule has 0 aliphatic carbocycles. The molecule has 0 aliphatic heterocycles. The predicted molar refractivity (Wildman–Crippen MR) is 105 cm³/mol. The summed E-state index contributed by atoms with van der Waals surface area (Å²) in [5.74, 6) is -0.991. The lowest BCUT2D eigenvalue weighted by Gasteiger charge is -2.22. The molecule has 0 bridgehead atoms. The zero-order valence-electron chi connectivity index (χ0n) is 16.5. The van der Waals surface area contributed by atoms with Gasteiger partial charge in [-0.25, -0.2) is 9.59 Å². The number of hydrogen-bond donors (Lipinski definition) is 2. The molecule has 2 N–H and O–H groups in total. The molecule has 1 amide bonds. The first-order valence-electron chi connectivity index (χ1n) is 8.72. The van der Waals surface area contributed by atoms with Crippen LogP contribution in [0.25, 0.3) is 0 Å². The zero-order valence-corrected chi connectivity index (χ0v) is 17.3. The van der Waals surface area contributed by atoms with Crippen LogP contribution in [0.5, 0.6) is 0 Å². The Hall–Kier alpha value is -2.26. The first-order valence-corrected chi connectivity index (χ1v) is 10.1. The number of benzene rings is 1. The van der Waals surface area contributed by atoms with Crippen LogP contribution in [0.3, 0.4) is 0 Å². The summed E-state index contributed by atoms with van der Waals surface area (Å²) in [5.41, 5.74) is 0.691. The van der Waals surface area contributed by atoms with Gasteiger partial charge in [0.2, 0.25) is 0 Å². The number of carbonyl (C=O) groups is 3. The number of ether oxygens (including phenoxy) is 1. The van der Waals surface area contributed by atoms with Crippen molar-refractivity contribution in [3.05, 3.63) is 35.4 Å². The highest BCUT2D eigenvalue weighted by Gasteiger charge is 2.26. The molecule has 0 aromatic heterocycles. The van der Waals surface area contributed by atoms with Crippen molar-refractivity contribution < 1.29 is 34.0 Å². The topological polar surface area (TPSA) is 111 Å². The number of carboxylic acids is 1. The molecule has 0 spiro atoms. The van der Waals surface area contributed by atoms with E-state index >= 15 is 0 Å². The molecule has 0 heterocycles. The Balaban J connectivity index is 2.53. The first-order chi connectivity index (χ1) is 13.1. The lowest BCUT2D eigenvalue weighted by Crippen LogP contribution is -2.44. The Labute approximate surface area is 168 Å². The molecule has 1 rings (SSSR count). The first kappa shape index (κ1) is 23.8. The van der Waals surface area contributed by atoms with Gasteiger partial charge in [0, 0.05) is 0 Å². The fraction of sp³-hybridized carbons (Fsp3) is 0.526. The molecule has 0 saturated heterocycles. The number of aliphatic carboxylic acids is 1. The van der Waals surface area contributed by atoms with Crippen molar-refractivity contribution in [3.63, 3.8) is 0 Å². The average Bonchev–Trinajstić information content (AvgIpc) is 2.58. The molecular weight excluding hydrogens is 386 g/mol. The van der Waals surface area contributed by atoms with Gasteiger partial charge in [0.1, 0.15) is 18.2 Å². The molecule has 0 fully saturated rings. The Kier molecular flexibility index (Phi) is 9.81. The van der Waals surface area contributed by atoms with Gasteiger partial charge in [-0.2, -0.15) is 16.6 Å². The van der Waals surface area contributed by atoms with Crippen molar-refractivity contribution in [1.82, 2.24) is 5.32 Å². The van der Waals surface area contributed by atoms with E-state index in [1.165, 1.54) is 11.8 Å². The number of hydrogen-bond acceptors (Lipinski definition) is 7. The smallest absolute Gasteiger partial charge is 0.408 e. The number of alkyl carbamates (subject to hydrolysis) is 1. The summed E-state index contributed by atoms with van der Waals surface area (Å²) in [6, 6.07) is 5.83. The minimum Gasteiger partial charge on any atom is -0.481 e. The monoisotopic (exact) mass is 413 g/mol. The molecule has 1 atom stereocenters. The summed E-state index contributed by atoms with van der Waals surface area (Å²) >= 11 is 1.53. The highest BCUT2D eigenvalue weighted by molar-refractivity contribution is 7.98. The van der Waals surface area contributed by atoms with Crippen molar-refractivity contribution in [1.29, 1.82) is 0 Å². The summed E-state index contributed by atoms with van der Waals surface area (Å²) in [6.45, 7) is 5.19. The van der Waals surface area contributed by atoms with Gasteiger partial charge in [-0.05, 0) is 50.3 Å². The molecule has 0 unspecified atom stereocenters. The number of nitrogens with one attached hydrogen (secondary N) is 1. The lowest BCUT2D eigenvalue weighted by atomic mass is 10.1. The van der Waals surface area contributed by atoms with E-state index in [0.717, 1.165) is 0 Å². The van der Waals surface area contributed by atoms with Gasteiger partial charge in [-0.15, -0.1) is 0 Å². The van der Waals surface area contributed by atoms with Crippen molar-refractivity contribution in [3.8, 4) is 0 Å². The summed E-state index contributed by atoms with van der Waals surface area (Å²) in [7, 11) is 0. The maximum Gasteiger partial charge on any atom is 0.408 e. The third-order valence-electron chi connectivity index (χ3n) is 3.33. The van der Waals surface area contributed by atoms with Crippen LogP contribution in [0.1, 0.15) is 38.3 Å². The number of amides is 1. The van der Waals surface area contributed by atoms with Crippen molar-refractivity contribution in [2.24, 2.45) is 0 Å². The van der Waals surface area contributed by atoms with Crippen LogP contribution in [-0.4, -0.2) is 46.8 Å². The second kappa shape index (κ2) is 11.6. The normalized spacial score (nSPS) is 12.1. The summed E-state index contributed by atoms with van der Waals surface area (Å²) in [5, 5.41) is 11.3. The number of rotatable bonds is 10. The average molecular weight is 413 g/mol. The molecule has 9 heteroatoms. The highest BCUT2D eigenvalue weighted by atomic mass is 32.2. The van der Waals surface area contributed by atoms with Gasteiger partial charge in [0.15, 0.2) is 0 Å². The van der Waals surface area contributed by atoms with Crippen LogP contribution >= 0.6 is 11.8 Å². The van der Waals surface area contributed by atoms with Crippen molar-refractivity contribution in [2.45, 2.75) is 51.9 Å². The minimum absolute atomic E-state index is 0.000771. The molecule has 8 nitrogen and oxygen atoms in total. The molecule has 1 aromatic rings. The Morgan fingerprint density at radius 3 is 2.29 bits per heavy atom. The molecule has 0 radical (unpaired) electrons. The van der Waals surface area contributed by atoms with Gasteiger partial charge in [0.25, 0.3) is 0 Å². The summed E-state index contributed by atoms with van der Waals surface area (Å²) < 4.78 is 5.16. The third kappa shape index (κ3) is 10.2. The van der Waals surface area contributed by atoms with E-state index in [1.54, 1.807) is 45.0 Å². The number of carbonyl (C=O) groups excluding carboxylic acids is 2. The molecule has 0 saturated carbocycles. The Morgan fingerprint density at radius 1 is 1.14 bits per heavy atom. The van der Waals surface area contributed by atoms with Crippen molar-refractivity contribution >= 4 is 29.8 Å². The third-order valence-corrected chi connectivity index (χ3v) is 3.98. The fourth-order valence-electron chi connectivity index (χ4n) is 2.08. The SMILES string of the molecule is CSCC[C@H](NC(=O)OC(C)(C)C)C(=O)OOCc1ccc(CC(=O)O)cc1. The zero-order chi connectivity index (χ0) is 21.2. The Bertz CT molecular complexity index is 655. The van der Waals surface area contributed by atoms with E-state index in [-0.39, 0.29) is 13.0 Å². The maximum absolute atomic E-state index is 12.2. The van der Waals surface area contributed by atoms with E-state index < -0.39 is 29.7 Å². The summed E-state index contributed by atoms with van der Waals surface area (Å²) in [4.78, 5) is 44.6.